The fraction of sp³-hybridized carbons (Fsp3) is 0.364. The molecule has 1 aromatic heterocycles. The maximum atomic E-state index is 10.8. The monoisotopic (exact) mass is 364 g/mol. The lowest BCUT2D eigenvalue weighted by atomic mass is 9.78. The average molecular weight is 364 g/mol. The number of rotatable bonds is 2. The molecule has 0 unspecified atom stereocenters. The zero-order chi connectivity index (χ0) is 20.0. The van der Waals surface area contributed by atoms with Gasteiger partial charge in [-0.15, -0.1) is 0 Å². The summed E-state index contributed by atoms with van der Waals surface area (Å²) < 4.78 is 1.63. The van der Waals surface area contributed by atoms with E-state index in [9.17, 15) is 5.11 Å². The van der Waals surface area contributed by atoms with Gasteiger partial charge in [-0.05, 0) is 40.7 Å². The van der Waals surface area contributed by atoms with Crippen LogP contribution in [0, 0.1) is 0 Å². The van der Waals surface area contributed by atoms with E-state index in [-0.39, 0.29) is 10.8 Å². The van der Waals surface area contributed by atoms with E-state index in [1.165, 1.54) is 0 Å². The normalized spacial score (nSPS) is 13.0. The minimum atomic E-state index is -0.186. The molecule has 27 heavy (non-hydrogen) atoms. The van der Waals surface area contributed by atoms with Gasteiger partial charge in [-0.25, -0.2) is 4.98 Å². The van der Waals surface area contributed by atoms with Crippen molar-refractivity contribution in [2.75, 3.05) is 5.73 Å². The smallest absolute Gasteiger partial charge is 0.222 e. The van der Waals surface area contributed by atoms with Gasteiger partial charge in [0.25, 0.3) is 0 Å². The van der Waals surface area contributed by atoms with Crippen molar-refractivity contribution in [3.05, 3.63) is 53.1 Å². The third-order valence-electron chi connectivity index (χ3n) is 4.63. The van der Waals surface area contributed by atoms with Crippen molar-refractivity contribution in [3.8, 4) is 5.75 Å². The van der Waals surface area contributed by atoms with Gasteiger partial charge in [-0.1, -0.05) is 53.7 Å². The molecule has 1 heterocycles. The number of anilines is 1. The van der Waals surface area contributed by atoms with Crippen LogP contribution in [-0.2, 0) is 10.8 Å². The van der Waals surface area contributed by atoms with Gasteiger partial charge in [0, 0.05) is 11.1 Å². The molecule has 0 aliphatic carbocycles. The van der Waals surface area contributed by atoms with Crippen LogP contribution in [0.3, 0.4) is 0 Å². The molecule has 0 bridgehead atoms. The Balaban J connectivity index is 2.14. The quantitative estimate of drug-likeness (QED) is 0.641. The number of phenols is 1. The maximum absolute atomic E-state index is 10.8. The van der Waals surface area contributed by atoms with Gasteiger partial charge in [0.1, 0.15) is 5.75 Å². The lowest BCUT2D eigenvalue weighted by Crippen LogP contribution is -2.18. The third-order valence-corrected chi connectivity index (χ3v) is 4.63. The molecule has 3 rings (SSSR count). The van der Waals surface area contributed by atoms with Crippen molar-refractivity contribution in [1.29, 1.82) is 0 Å². The highest BCUT2D eigenvalue weighted by molar-refractivity contribution is 5.83. The number of hydrogen-bond acceptors (Lipinski definition) is 4. The number of nitrogen functional groups attached to an aromatic ring is 1. The topological polar surface area (TPSA) is 76.4 Å². The lowest BCUT2D eigenvalue weighted by molar-refractivity contribution is 0.423. The van der Waals surface area contributed by atoms with E-state index in [1.54, 1.807) is 10.9 Å². The summed E-state index contributed by atoms with van der Waals surface area (Å²) in [6.07, 6.45) is 1.77. The first-order chi connectivity index (χ1) is 12.5. The number of aromatic hydroxyl groups is 1. The van der Waals surface area contributed by atoms with Crippen LogP contribution in [0.5, 0.6) is 5.75 Å². The molecule has 142 valence electrons. The van der Waals surface area contributed by atoms with Crippen molar-refractivity contribution in [3.63, 3.8) is 0 Å². The van der Waals surface area contributed by atoms with E-state index < -0.39 is 0 Å². The van der Waals surface area contributed by atoms with Crippen LogP contribution in [0.25, 0.3) is 11.0 Å². The van der Waals surface area contributed by atoms with Crippen molar-refractivity contribution < 1.29 is 5.11 Å². The summed E-state index contributed by atoms with van der Waals surface area (Å²) in [4.78, 5) is 4.34. The fourth-order valence-electron chi connectivity index (χ4n) is 3.15. The zero-order valence-electron chi connectivity index (χ0n) is 16.9. The van der Waals surface area contributed by atoms with Gasteiger partial charge in [0.2, 0.25) is 5.95 Å². The Bertz CT molecular complexity index is 982. The minimum absolute atomic E-state index is 0.186. The predicted octanol–water partition coefficient (Wildman–Crippen LogP) is 4.80. The Hall–Kier alpha value is -2.82. The molecule has 0 saturated carbocycles. The first-order valence-corrected chi connectivity index (χ1v) is 9.14. The van der Waals surface area contributed by atoms with Gasteiger partial charge in [-0.3, -0.25) is 0 Å². The van der Waals surface area contributed by atoms with Gasteiger partial charge in [0.05, 0.1) is 17.2 Å². The maximum Gasteiger partial charge on any atom is 0.222 e. The molecule has 3 N–H and O–H groups in total. The molecule has 0 saturated heterocycles. The molecule has 0 amide bonds. The molecule has 0 aliphatic heterocycles. The first-order valence-electron chi connectivity index (χ1n) is 9.14. The Kier molecular flexibility index (Phi) is 4.50. The molecule has 2 aromatic carbocycles. The standard InChI is InChI=1S/C22H28N4O/c1-21(2,3)15-11-14(12-16(19(15)27)22(4,5)6)13-24-26-18-10-8-7-9-17(18)25-20(26)23/h7-13,27H,1-6H3,(H2,23,25). The van der Waals surface area contributed by atoms with E-state index in [0.29, 0.717) is 11.7 Å². The van der Waals surface area contributed by atoms with Crippen LogP contribution < -0.4 is 5.73 Å². The van der Waals surface area contributed by atoms with Gasteiger partial charge >= 0.3 is 0 Å². The van der Waals surface area contributed by atoms with E-state index in [1.807, 2.05) is 36.4 Å². The second-order valence-electron chi connectivity index (χ2n) is 8.98. The number of phenolic OH excluding ortho intramolecular Hbond substituents is 1. The van der Waals surface area contributed by atoms with Crippen LogP contribution in [0.1, 0.15) is 58.2 Å². The Morgan fingerprint density at radius 1 is 1.00 bits per heavy atom. The first kappa shape index (κ1) is 19.0. The Morgan fingerprint density at radius 2 is 1.56 bits per heavy atom. The van der Waals surface area contributed by atoms with E-state index in [4.69, 9.17) is 5.73 Å². The summed E-state index contributed by atoms with van der Waals surface area (Å²) in [7, 11) is 0. The molecule has 0 aliphatic rings. The highest BCUT2D eigenvalue weighted by Crippen LogP contribution is 2.39. The van der Waals surface area contributed by atoms with Crippen LogP contribution in [0.4, 0.5) is 5.95 Å². The number of hydrogen-bond donors (Lipinski definition) is 2. The molecule has 0 spiro atoms. The summed E-state index contributed by atoms with van der Waals surface area (Å²) in [5.41, 5.74) is 10.1. The summed E-state index contributed by atoms with van der Waals surface area (Å²) in [5.74, 6) is 0.707. The van der Waals surface area contributed by atoms with Crippen molar-refractivity contribution in [2.24, 2.45) is 5.10 Å². The molecule has 0 atom stereocenters. The van der Waals surface area contributed by atoms with E-state index in [0.717, 1.165) is 27.7 Å². The molecule has 5 nitrogen and oxygen atoms in total. The van der Waals surface area contributed by atoms with Crippen molar-refractivity contribution in [2.45, 2.75) is 52.4 Å². The zero-order valence-corrected chi connectivity index (χ0v) is 16.9. The molecule has 3 aromatic rings. The number of para-hydroxylation sites is 2. The summed E-state index contributed by atoms with van der Waals surface area (Å²) in [6, 6.07) is 11.7. The second-order valence-corrected chi connectivity index (χ2v) is 8.98. The Morgan fingerprint density at radius 3 is 2.11 bits per heavy atom. The lowest BCUT2D eigenvalue weighted by Gasteiger charge is -2.27. The Labute approximate surface area is 160 Å². The number of benzene rings is 2. The van der Waals surface area contributed by atoms with Crippen LogP contribution >= 0.6 is 0 Å². The summed E-state index contributed by atoms with van der Waals surface area (Å²) in [6.45, 7) is 12.6. The van der Waals surface area contributed by atoms with Crippen LogP contribution in [-0.4, -0.2) is 21.0 Å². The molecule has 5 heteroatoms. The number of imidazole rings is 1. The molecule has 0 fully saturated rings. The van der Waals surface area contributed by atoms with Crippen LogP contribution in [0.15, 0.2) is 41.5 Å². The SMILES string of the molecule is CC(C)(C)c1cc(C=Nn2c(N)nc3ccccc32)cc(C(C)(C)C)c1O. The highest BCUT2D eigenvalue weighted by Gasteiger charge is 2.26. The van der Waals surface area contributed by atoms with Crippen molar-refractivity contribution >= 4 is 23.2 Å². The second kappa shape index (κ2) is 6.41. The molecular weight excluding hydrogens is 336 g/mol. The number of nitrogens with zero attached hydrogens (tertiary/aromatic N) is 3. The van der Waals surface area contributed by atoms with Crippen molar-refractivity contribution in [1.82, 2.24) is 9.66 Å². The minimum Gasteiger partial charge on any atom is -0.507 e. The summed E-state index contributed by atoms with van der Waals surface area (Å²) >= 11 is 0. The predicted molar refractivity (Wildman–Crippen MR) is 113 cm³/mol. The van der Waals surface area contributed by atoms with E-state index in [2.05, 4.69) is 51.6 Å². The van der Waals surface area contributed by atoms with Crippen LogP contribution in [0.2, 0.25) is 0 Å². The molecule has 0 radical (unpaired) electrons. The number of fused-ring (bicyclic) bond motifs is 1. The fourth-order valence-corrected chi connectivity index (χ4v) is 3.15. The number of aromatic nitrogens is 2. The average Bonchev–Trinajstić information content (AvgIpc) is 2.87. The molecular formula is C22H28N4O. The van der Waals surface area contributed by atoms with Gasteiger partial charge < -0.3 is 10.8 Å². The van der Waals surface area contributed by atoms with Gasteiger partial charge in [0.15, 0.2) is 0 Å². The van der Waals surface area contributed by atoms with E-state index >= 15 is 0 Å². The summed E-state index contributed by atoms with van der Waals surface area (Å²) in [5, 5.41) is 15.4. The third kappa shape index (κ3) is 3.68. The van der Waals surface area contributed by atoms with Gasteiger partial charge in [-0.2, -0.15) is 9.78 Å². The largest absolute Gasteiger partial charge is 0.507 e. The number of nitrogens with two attached hydrogens (primary N) is 1. The highest BCUT2D eigenvalue weighted by atomic mass is 16.3.